The van der Waals surface area contributed by atoms with Gasteiger partial charge in [-0.2, -0.15) is 9.97 Å². The Morgan fingerprint density at radius 1 is 1.17 bits per heavy atom. The first-order chi connectivity index (χ1) is 19.9. The van der Waals surface area contributed by atoms with Crippen LogP contribution in [0.4, 0.5) is 11.6 Å². The first-order valence-electron chi connectivity index (χ1n) is 13.7. The molecule has 1 aliphatic carbocycles. The zero-order valence-corrected chi connectivity index (χ0v) is 23.2. The Morgan fingerprint density at radius 2 is 2.00 bits per heavy atom. The smallest absolute Gasteiger partial charge is 0.253 e. The van der Waals surface area contributed by atoms with Gasteiger partial charge in [0.1, 0.15) is 23.0 Å². The Hall–Kier alpha value is -4.64. The van der Waals surface area contributed by atoms with Crippen LogP contribution < -0.4 is 14.8 Å². The van der Waals surface area contributed by atoms with E-state index in [0.717, 1.165) is 47.7 Å². The minimum atomic E-state index is -0.216. The predicted octanol–water partition coefficient (Wildman–Crippen LogP) is 5.21. The number of H-pyrrole nitrogens is 1. The zero-order valence-electron chi connectivity index (χ0n) is 23.2. The Morgan fingerprint density at radius 3 is 2.78 bits per heavy atom. The number of ether oxygens (including phenoxy) is 2. The summed E-state index contributed by atoms with van der Waals surface area (Å²) in [6.45, 7) is 1.96. The predicted molar refractivity (Wildman–Crippen MR) is 155 cm³/mol. The first kappa shape index (κ1) is 26.6. The third-order valence-corrected chi connectivity index (χ3v) is 7.36. The van der Waals surface area contributed by atoms with E-state index in [1.165, 1.54) is 12.0 Å². The van der Waals surface area contributed by atoms with E-state index in [4.69, 9.17) is 23.9 Å². The number of carbonyl (C=O) groups excluding carboxylic acids is 1. The highest BCUT2D eigenvalue weighted by Crippen LogP contribution is 2.38. The van der Waals surface area contributed by atoms with E-state index >= 15 is 0 Å². The Kier molecular flexibility index (Phi) is 7.19. The van der Waals surface area contributed by atoms with Gasteiger partial charge in [-0.1, -0.05) is 6.07 Å². The molecule has 11 heteroatoms. The van der Waals surface area contributed by atoms with Gasteiger partial charge in [0.05, 0.1) is 24.8 Å². The van der Waals surface area contributed by atoms with Crippen LogP contribution in [0.5, 0.6) is 11.6 Å². The van der Waals surface area contributed by atoms with Gasteiger partial charge in [0, 0.05) is 37.8 Å². The second-order valence-electron chi connectivity index (χ2n) is 10.2. The lowest BCUT2D eigenvalue weighted by Gasteiger charge is -2.18. The van der Waals surface area contributed by atoms with Gasteiger partial charge in [0.2, 0.25) is 11.8 Å². The van der Waals surface area contributed by atoms with Crippen LogP contribution in [0.25, 0.3) is 33.3 Å². The fourth-order valence-corrected chi connectivity index (χ4v) is 5.26. The average Bonchev–Trinajstić information content (AvgIpc) is 3.72. The number of aliphatic hydroxyl groups excluding tert-OH is 1. The molecular formula is C30H32N6O5. The first-order valence-corrected chi connectivity index (χ1v) is 13.7. The molecule has 0 radical (unpaired) electrons. The number of likely N-dealkylation sites (N-methyl/N-ethyl adjacent to an activating group) is 1. The zero-order chi connectivity index (χ0) is 28.5. The van der Waals surface area contributed by atoms with E-state index in [1.54, 1.807) is 25.2 Å². The van der Waals surface area contributed by atoms with E-state index in [2.05, 4.69) is 15.3 Å². The molecule has 0 atom stereocenters. The molecule has 1 fully saturated rings. The number of hydrogen-bond donors (Lipinski definition) is 3. The summed E-state index contributed by atoms with van der Waals surface area (Å²) < 4.78 is 17.8. The summed E-state index contributed by atoms with van der Waals surface area (Å²) in [6, 6.07) is 11.0. The topological polar surface area (TPSA) is 139 Å². The number of nitrogens with zero attached hydrogens (tertiary/aromatic N) is 4. The molecule has 212 valence electrons. The normalized spacial score (nSPS) is 13.7. The van der Waals surface area contributed by atoms with Gasteiger partial charge in [-0.25, -0.2) is 4.98 Å². The van der Waals surface area contributed by atoms with Gasteiger partial charge in [-0.05, 0) is 61.6 Å². The van der Waals surface area contributed by atoms with Crippen LogP contribution >= 0.6 is 0 Å². The number of aromatic nitrogens is 4. The van der Waals surface area contributed by atoms with Crippen molar-refractivity contribution in [2.45, 2.75) is 38.7 Å². The molecule has 3 heterocycles. The molecule has 0 spiro atoms. The van der Waals surface area contributed by atoms with E-state index in [1.807, 2.05) is 31.3 Å². The van der Waals surface area contributed by atoms with Crippen LogP contribution in [0.15, 0.2) is 47.0 Å². The number of nitrogens with one attached hydrogen (secondary N) is 2. The van der Waals surface area contributed by atoms with E-state index in [-0.39, 0.29) is 25.2 Å². The molecule has 1 aliphatic rings. The maximum absolute atomic E-state index is 12.7. The van der Waals surface area contributed by atoms with E-state index in [9.17, 15) is 9.90 Å². The van der Waals surface area contributed by atoms with Gasteiger partial charge in [-0.15, -0.1) is 0 Å². The standard InChI is InChI=1S/C30H32N6O5/c1-17-32-23-10-8-18(14-25(23)40-17)21-16-31-27-26(21)28(41-20-6-4-5-7-20)35-30(34-27)33-22-11-9-19(15-24(22)39-3)29(38)36(2)12-13-37/h8-11,14-16,20,37H,4-7,12-13H2,1-3H3,(H2,31,33,34,35). The SMILES string of the molecule is COc1cc(C(=O)N(C)CCO)ccc1Nc1nc(OC2CCCC2)c2c(-c3ccc4nc(C)oc4c3)c[nH]c2n1. The third kappa shape index (κ3) is 5.28. The molecule has 6 rings (SSSR count). The van der Waals surface area contributed by atoms with Crippen molar-refractivity contribution >= 4 is 39.7 Å². The highest BCUT2D eigenvalue weighted by atomic mass is 16.5. The van der Waals surface area contributed by atoms with Crippen LogP contribution in [-0.4, -0.2) is 69.3 Å². The largest absolute Gasteiger partial charge is 0.495 e. The molecule has 0 bridgehead atoms. The number of aromatic amines is 1. The average molecular weight is 557 g/mol. The summed E-state index contributed by atoms with van der Waals surface area (Å²) in [6.07, 6.45) is 6.19. The summed E-state index contributed by atoms with van der Waals surface area (Å²) in [5, 5.41) is 13.2. The lowest BCUT2D eigenvalue weighted by atomic mass is 10.1. The lowest BCUT2D eigenvalue weighted by Crippen LogP contribution is -2.29. The van der Waals surface area contributed by atoms with Gasteiger partial charge >= 0.3 is 0 Å². The van der Waals surface area contributed by atoms with Crippen molar-refractivity contribution in [3.8, 4) is 22.8 Å². The third-order valence-electron chi connectivity index (χ3n) is 7.36. The molecule has 1 saturated carbocycles. The van der Waals surface area contributed by atoms with Gasteiger partial charge in [-0.3, -0.25) is 4.79 Å². The number of anilines is 2. The molecule has 0 saturated heterocycles. The summed E-state index contributed by atoms with van der Waals surface area (Å²) in [4.78, 5) is 31.4. The van der Waals surface area contributed by atoms with Crippen molar-refractivity contribution in [1.29, 1.82) is 0 Å². The summed E-state index contributed by atoms with van der Waals surface area (Å²) in [5.74, 6) is 1.68. The van der Waals surface area contributed by atoms with Gasteiger partial charge in [0.15, 0.2) is 11.5 Å². The molecule has 2 aromatic carbocycles. The highest BCUT2D eigenvalue weighted by molar-refractivity contribution is 5.99. The van der Waals surface area contributed by atoms with Gasteiger partial charge < -0.3 is 34.2 Å². The summed E-state index contributed by atoms with van der Waals surface area (Å²) >= 11 is 0. The van der Waals surface area contributed by atoms with Crippen molar-refractivity contribution in [1.82, 2.24) is 24.8 Å². The summed E-state index contributed by atoms with van der Waals surface area (Å²) in [7, 11) is 3.18. The summed E-state index contributed by atoms with van der Waals surface area (Å²) in [5.41, 5.74) is 5.02. The molecule has 5 aromatic rings. The van der Waals surface area contributed by atoms with Crippen molar-refractivity contribution in [3.63, 3.8) is 0 Å². The number of oxazole rings is 1. The van der Waals surface area contributed by atoms with Crippen LogP contribution in [0.3, 0.4) is 0 Å². The fourth-order valence-electron chi connectivity index (χ4n) is 5.26. The molecule has 3 N–H and O–H groups in total. The fraction of sp³-hybridized carbons (Fsp3) is 0.333. The van der Waals surface area contributed by atoms with Crippen LogP contribution in [0.1, 0.15) is 41.9 Å². The van der Waals surface area contributed by atoms with Crippen LogP contribution in [0.2, 0.25) is 0 Å². The van der Waals surface area contributed by atoms with Gasteiger partial charge in [0.25, 0.3) is 5.91 Å². The molecular weight excluding hydrogens is 524 g/mol. The number of hydrogen-bond acceptors (Lipinski definition) is 9. The number of methoxy groups -OCH3 is 1. The number of fused-ring (bicyclic) bond motifs is 2. The number of aryl methyl sites for hydroxylation is 1. The number of benzene rings is 2. The van der Waals surface area contributed by atoms with Crippen molar-refractivity contribution in [2.24, 2.45) is 0 Å². The van der Waals surface area contributed by atoms with E-state index in [0.29, 0.717) is 45.9 Å². The molecule has 0 unspecified atom stereocenters. The quantitative estimate of drug-likeness (QED) is 0.223. The maximum atomic E-state index is 12.7. The Balaban J connectivity index is 1.37. The minimum absolute atomic E-state index is 0.0823. The second kappa shape index (κ2) is 11.1. The number of rotatable bonds is 9. The highest BCUT2D eigenvalue weighted by Gasteiger charge is 2.23. The maximum Gasteiger partial charge on any atom is 0.253 e. The molecule has 3 aromatic heterocycles. The molecule has 41 heavy (non-hydrogen) atoms. The lowest BCUT2D eigenvalue weighted by molar-refractivity contribution is 0.0766. The Bertz CT molecular complexity index is 1720. The molecule has 0 aliphatic heterocycles. The van der Waals surface area contributed by atoms with E-state index < -0.39 is 0 Å². The van der Waals surface area contributed by atoms with Crippen molar-refractivity contribution in [2.75, 3.05) is 32.6 Å². The Labute approximate surface area is 236 Å². The minimum Gasteiger partial charge on any atom is -0.495 e. The van der Waals surface area contributed by atoms with Crippen LogP contribution in [-0.2, 0) is 0 Å². The van der Waals surface area contributed by atoms with Crippen molar-refractivity contribution in [3.05, 3.63) is 54.0 Å². The molecule has 1 amide bonds. The monoisotopic (exact) mass is 556 g/mol. The number of aliphatic hydroxyl groups is 1. The van der Waals surface area contributed by atoms with Crippen LogP contribution in [0, 0.1) is 6.92 Å². The van der Waals surface area contributed by atoms with Crippen molar-refractivity contribution < 1.29 is 23.8 Å². The molecule has 11 nitrogen and oxygen atoms in total. The number of amides is 1. The number of carbonyl (C=O) groups is 1. The second-order valence-corrected chi connectivity index (χ2v) is 10.2.